The van der Waals surface area contributed by atoms with Crippen molar-refractivity contribution in [3.05, 3.63) is 48.0 Å². The molecule has 14 heteroatoms. The van der Waals surface area contributed by atoms with Gasteiger partial charge < -0.3 is 4.74 Å². The Morgan fingerprint density at radius 1 is 1.20 bits per heavy atom. The molecule has 1 saturated heterocycles. The van der Waals surface area contributed by atoms with Crippen molar-refractivity contribution in [2.45, 2.75) is 42.4 Å². The molecule has 0 unspecified atom stereocenters. The van der Waals surface area contributed by atoms with E-state index in [-0.39, 0.29) is 35.5 Å². The molecule has 3 aromatic rings. The Kier molecular flexibility index (Phi) is 6.21. The summed E-state index contributed by atoms with van der Waals surface area (Å²) in [5.74, 6) is -0.986. The van der Waals surface area contributed by atoms with Crippen LogP contribution in [0.2, 0.25) is 0 Å². The molecule has 0 spiro atoms. The van der Waals surface area contributed by atoms with Gasteiger partial charge in [0.05, 0.1) is 29.2 Å². The zero-order chi connectivity index (χ0) is 24.8. The number of halogens is 3. The molecule has 0 radical (unpaired) electrons. The van der Waals surface area contributed by atoms with E-state index in [0.29, 0.717) is 24.5 Å². The lowest BCUT2D eigenvalue weighted by molar-refractivity contribution is -0.192. The number of benzene rings is 1. The predicted molar refractivity (Wildman–Crippen MR) is 121 cm³/mol. The highest BCUT2D eigenvalue weighted by Gasteiger charge is 2.47. The zero-order valence-electron chi connectivity index (χ0n) is 18.6. The van der Waals surface area contributed by atoms with Crippen molar-refractivity contribution in [2.75, 3.05) is 17.9 Å². The molecule has 5 rings (SSSR count). The molecule has 2 aromatic heterocycles. The van der Waals surface area contributed by atoms with E-state index in [1.807, 2.05) is 0 Å². The third kappa shape index (κ3) is 4.74. The fourth-order valence-corrected chi connectivity index (χ4v) is 6.59. The van der Waals surface area contributed by atoms with Crippen LogP contribution < -0.4 is 9.46 Å². The van der Waals surface area contributed by atoms with Crippen molar-refractivity contribution in [3.8, 4) is 5.75 Å². The Morgan fingerprint density at radius 3 is 2.71 bits per heavy atom. The van der Waals surface area contributed by atoms with Gasteiger partial charge in [0.15, 0.2) is 0 Å². The fourth-order valence-electron chi connectivity index (χ4n) is 4.91. The number of fused-ring (bicyclic) bond motifs is 1. The van der Waals surface area contributed by atoms with Gasteiger partial charge in [-0.1, -0.05) is 6.07 Å². The highest BCUT2D eigenvalue weighted by atomic mass is 32.2. The number of likely N-dealkylation sites (tertiary alicyclic amines) is 1. The maximum Gasteiger partial charge on any atom is 0.391 e. The average Bonchev–Trinajstić information content (AvgIpc) is 3.48. The third-order valence-electron chi connectivity index (χ3n) is 6.59. The number of aryl methyl sites for hydroxylation is 1. The first kappa shape index (κ1) is 24.0. The molecule has 3 atom stereocenters. The summed E-state index contributed by atoms with van der Waals surface area (Å²) in [6.07, 6.45) is -0.905. The normalized spacial score (nSPS) is 23.5. The number of nitrogens with one attached hydrogen (secondary N) is 1. The summed E-state index contributed by atoms with van der Waals surface area (Å²) in [4.78, 5) is 5.93. The molecule has 2 aliphatic rings. The minimum atomic E-state index is -4.26. The lowest BCUT2D eigenvalue weighted by Gasteiger charge is -2.45. The van der Waals surface area contributed by atoms with Crippen LogP contribution in [0.3, 0.4) is 0 Å². The Morgan fingerprint density at radius 2 is 2.03 bits per heavy atom. The number of aromatic nitrogens is 4. The van der Waals surface area contributed by atoms with Crippen LogP contribution in [0.1, 0.15) is 42.6 Å². The molecule has 9 nitrogen and oxygen atoms in total. The van der Waals surface area contributed by atoms with E-state index < -0.39 is 28.2 Å². The molecule has 2 aliphatic heterocycles. The number of piperidine rings is 1. The van der Waals surface area contributed by atoms with Crippen molar-refractivity contribution in [1.82, 2.24) is 24.0 Å². The van der Waals surface area contributed by atoms with Gasteiger partial charge >= 0.3 is 6.18 Å². The zero-order valence-corrected chi connectivity index (χ0v) is 20.3. The van der Waals surface area contributed by atoms with Crippen molar-refractivity contribution < 1.29 is 26.3 Å². The fraction of sp³-hybridized carbons (Fsp3) is 0.476. The largest absolute Gasteiger partial charge is 0.493 e. The second-order valence-corrected chi connectivity index (χ2v) is 11.1. The number of ether oxygens (including phenoxy) is 1. The number of rotatable bonds is 5. The van der Waals surface area contributed by atoms with E-state index in [0.717, 1.165) is 17.1 Å². The van der Waals surface area contributed by atoms with Crippen LogP contribution in [0.4, 0.5) is 18.3 Å². The number of anilines is 1. The standard InChI is InChI=1S/C21H23F3N6O3S2/c1-29-17(4-7-26-29)18-10-13(21(22,23)24)5-8-30(18)16-6-9-33-19-11-14(2-3-15(16)19)35(31,32)28-20-25-12-27-34-20/h2-4,7,11-13,16,18H,5-6,8-10H2,1H3,(H,25,27,28)/t13-,16-,18+/m0/s1. The average molecular weight is 529 g/mol. The lowest BCUT2D eigenvalue weighted by atomic mass is 9.85. The molecule has 35 heavy (non-hydrogen) atoms. The van der Waals surface area contributed by atoms with Crippen LogP contribution >= 0.6 is 11.5 Å². The topological polar surface area (TPSA) is 102 Å². The molecule has 1 N–H and O–H groups in total. The first-order valence-corrected chi connectivity index (χ1v) is 13.3. The monoisotopic (exact) mass is 528 g/mol. The molecule has 1 aromatic carbocycles. The third-order valence-corrected chi connectivity index (χ3v) is 8.64. The molecule has 4 heterocycles. The van der Waals surface area contributed by atoms with E-state index in [1.54, 1.807) is 30.1 Å². The van der Waals surface area contributed by atoms with E-state index >= 15 is 0 Å². The van der Waals surface area contributed by atoms with Gasteiger partial charge in [0, 0.05) is 55.4 Å². The minimum absolute atomic E-state index is 0.00275. The highest BCUT2D eigenvalue weighted by molar-refractivity contribution is 7.93. The summed E-state index contributed by atoms with van der Waals surface area (Å²) in [6.45, 7) is 0.574. The van der Waals surface area contributed by atoms with Gasteiger partial charge in [-0.2, -0.15) is 22.6 Å². The van der Waals surface area contributed by atoms with Gasteiger partial charge in [0.2, 0.25) is 5.13 Å². The van der Waals surface area contributed by atoms with E-state index in [1.165, 1.54) is 18.5 Å². The van der Waals surface area contributed by atoms with Gasteiger partial charge in [-0.25, -0.2) is 13.4 Å². The number of sulfonamides is 1. The first-order valence-electron chi connectivity index (χ1n) is 11.0. The summed E-state index contributed by atoms with van der Waals surface area (Å²) in [6, 6.07) is 5.66. The molecule has 0 aliphatic carbocycles. The van der Waals surface area contributed by atoms with Crippen LogP contribution in [0.25, 0.3) is 0 Å². The molecule has 188 valence electrons. The van der Waals surface area contributed by atoms with E-state index in [4.69, 9.17) is 4.74 Å². The van der Waals surface area contributed by atoms with Crippen LogP contribution in [0.5, 0.6) is 5.75 Å². The number of alkyl halides is 3. The van der Waals surface area contributed by atoms with Crippen LogP contribution in [0, 0.1) is 5.92 Å². The smallest absolute Gasteiger partial charge is 0.391 e. The Bertz CT molecular complexity index is 1300. The number of nitrogens with zero attached hydrogens (tertiary/aromatic N) is 5. The van der Waals surface area contributed by atoms with E-state index in [2.05, 4.69) is 24.1 Å². The second-order valence-electron chi connectivity index (χ2n) is 8.60. The lowest BCUT2D eigenvalue weighted by Crippen LogP contribution is -2.44. The van der Waals surface area contributed by atoms with Gasteiger partial charge in [-0.05, 0) is 25.0 Å². The molecule has 0 amide bonds. The SMILES string of the molecule is Cn1nccc1[C@H]1C[C@@H](C(F)(F)F)CCN1[C@H]1CCOc2cc(S(=O)(=O)Nc3ncns3)ccc21. The van der Waals surface area contributed by atoms with Crippen LogP contribution in [-0.4, -0.2) is 51.8 Å². The minimum Gasteiger partial charge on any atom is -0.493 e. The molecular formula is C21H23F3N6O3S2. The summed E-state index contributed by atoms with van der Waals surface area (Å²) in [5, 5.41) is 4.32. The quantitative estimate of drug-likeness (QED) is 0.536. The van der Waals surface area contributed by atoms with E-state index in [9.17, 15) is 21.6 Å². The number of hydrogen-bond acceptors (Lipinski definition) is 8. The molecule has 1 fully saturated rings. The van der Waals surface area contributed by atoms with Gasteiger partial charge in [0.25, 0.3) is 10.0 Å². The van der Waals surface area contributed by atoms with Crippen molar-refractivity contribution in [2.24, 2.45) is 13.0 Å². The Hall–Kier alpha value is -2.71. The summed E-state index contributed by atoms with van der Waals surface area (Å²) < 4.78 is 80.0. The maximum absolute atomic E-state index is 13.6. The van der Waals surface area contributed by atoms with Crippen molar-refractivity contribution in [3.63, 3.8) is 0 Å². The summed E-state index contributed by atoms with van der Waals surface area (Å²) in [5.41, 5.74) is 1.47. The van der Waals surface area contributed by atoms with Gasteiger partial charge in [-0.15, -0.1) is 0 Å². The maximum atomic E-state index is 13.6. The molecule has 0 bridgehead atoms. The van der Waals surface area contributed by atoms with Crippen molar-refractivity contribution >= 4 is 26.7 Å². The number of hydrogen-bond donors (Lipinski definition) is 1. The van der Waals surface area contributed by atoms with Crippen LogP contribution in [0.15, 0.2) is 41.7 Å². The van der Waals surface area contributed by atoms with Crippen LogP contribution in [-0.2, 0) is 17.1 Å². The summed E-state index contributed by atoms with van der Waals surface area (Å²) >= 11 is 0.918. The predicted octanol–water partition coefficient (Wildman–Crippen LogP) is 3.91. The van der Waals surface area contributed by atoms with Gasteiger partial charge in [0.1, 0.15) is 12.1 Å². The molecule has 0 saturated carbocycles. The Labute approximate surface area is 204 Å². The highest BCUT2D eigenvalue weighted by Crippen LogP contribution is 2.48. The molecular weight excluding hydrogens is 505 g/mol. The Balaban J connectivity index is 1.46. The first-order chi connectivity index (χ1) is 16.6. The second kappa shape index (κ2) is 9.06. The van der Waals surface area contributed by atoms with Crippen molar-refractivity contribution in [1.29, 1.82) is 0 Å². The van der Waals surface area contributed by atoms with Gasteiger partial charge in [-0.3, -0.25) is 14.3 Å². The summed E-state index contributed by atoms with van der Waals surface area (Å²) in [7, 11) is -2.18.